The smallest absolute Gasteiger partial charge is 0.100 e. The van der Waals surface area contributed by atoms with E-state index < -0.39 is 0 Å². The molecular formula is C18H24N2. The lowest BCUT2D eigenvalue weighted by molar-refractivity contribution is 0.355. The third-order valence-electron chi connectivity index (χ3n) is 5.33. The number of nitrogens with one attached hydrogen (secondary N) is 1. The maximum absolute atomic E-state index is 5.11. The minimum absolute atomic E-state index is 0.378. The van der Waals surface area contributed by atoms with Crippen molar-refractivity contribution in [2.75, 3.05) is 0 Å². The van der Waals surface area contributed by atoms with Gasteiger partial charge in [-0.25, -0.2) is 0 Å². The number of hydrogen-bond donors (Lipinski definition) is 1. The third kappa shape index (κ3) is 2.06. The van der Waals surface area contributed by atoms with Crippen molar-refractivity contribution in [1.29, 1.82) is 0 Å². The second-order valence-corrected chi connectivity index (χ2v) is 6.81. The summed E-state index contributed by atoms with van der Waals surface area (Å²) in [5.41, 5.74) is 2.85. The van der Waals surface area contributed by atoms with Crippen LogP contribution in [0.15, 0.2) is 40.4 Å². The average molecular weight is 268 g/mol. The molecule has 106 valence electrons. The van der Waals surface area contributed by atoms with Crippen LogP contribution in [-0.4, -0.2) is 17.9 Å². The van der Waals surface area contributed by atoms with Crippen LogP contribution in [-0.2, 0) is 0 Å². The summed E-state index contributed by atoms with van der Waals surface area (Å²) in [5.74, 6) is 2.58. The van der Waals surface area contributed by atoms with Crippen molar-refractivity contribution in [3.63, 3.8) is 0 Å². The molecule has 2 heteroatoms. The molecule has 0 spiro atoms. The Morgan fingerprint density at radius 3 is 2.90 bits per heavy atom. The van der Waals surface area contributed by atoms with Crippen molar-refractivity contribution >= 4 is 5.84 Å². The molecule has 0 saturated heterocycles. The Morgan fingerprint density at radius 1 is 1.20 bits per heavy atom. The maximum Gasteiger partial charge on any atom is 0.100 e. The van der Waals surface area contributed by atoms with Gasteiger partial charge in [0.2, 0.25) is 0 Å². The molecule has 3 aliphatic carbocycles. The molecule has 0 amide bonds. The summed E-state index contributed by atoms with van der Waals surface area (Å²) >= 11 is 0. The second kappa shape index (κ2) is 4.91. The Labute approximate surface area is 121 Å². The summed E-state index contributed by atoms with van der Waals surface area (Å²) in [6.07, 6.45) is 17.3. The van der Waals surface area contributed by atoms with Gasteiger partial charge >= 0.3 is 0 Å². The first-order chi connectivity index (χ1) is 9.81. The molecule has 1 aliphatic heterocycles. The summed E-state index contributed by atoms with van der Waals surface area (Å²) < 4.78 is 0. The highest BCUT2D eigenvalue weighted by Gasteiger charge is 2.39. The lowest BCUT2D eigenvalue weighted by Crippen LogP contribution is -2.53. The van der Waals surface area contributed by atoms with Gasteiger partial charge in [0.25, 0.3) is 0 Å². The summed E-state index contributed by atoms with van der Waals surface area (Å²) in [4.78, 5) is 5.11. The highest BCUT2D eigenvalue weighted by molar-refractivity contribution is 5.86. The zero-order valence-electron chi connectivity index (χ0n) is 12.3. The van der Waals surface area contributed by atoms with E-state index in [1.54, 1.807) is 0 Å². The number of aliphatic imine (C=N–C) groups is 1. The van der Waals surface area contributed by atoms with Crippen molar-refractivity contribution in [2.24, 2.45) is 16.8 Å². The normalized spacial score (nSPS) is 36.5. The SMILES string of the molecule is CC1=CC2N=C(C3CCCCC3)NC3CC=CC(=C1)C23. The fourth-order valence-electron chi connectivity index (χ4n) is 4.36. The van der Waals surface area contributed by atoms with Crippen molar-refractivity contribution in [3.8, 4) is 0 Å². The van der Waals surface area contributed by atoms with Gasteiger partial charge in [-0.3, -0.25) is 4.99 Å². The molecule has 1 saturated carbocycles. The molecule has 3 atom stereocenters. The summed E-state index contributed by atoms with van der Waals surface area (Å²) in [6.45, 7) is 2.21. The van der Waals surface area contributed by atoms with E-state index in [1.807, 2.05) is 0 Å². The molecule has 0 aromatic heterocycles. The van der Waals surface area contributed by atoms with Gasteiger partial charge in [0.15, 0.2) is 0 Å². The van der Waals surface area contributed by atoms with Crippen LogP contribution in [0.2, 0.25) is 0 Å². The van der Waals surface area contributed by atoms with Gasteiger partial charge in [0.05, 0.1) is 6.04 Å². The van der Waals surface area contributed by atoms with E-state index in [0.29, 0.717) is 23.9 Å². The molecular weight excluding hydrogens is 244 g/mol. The van der Waals surface area contributed by atoms with E-state index in [-0.39, 0.29) is 0 Å². The maximum atomic E-state index is 5.11. The van der Waals surface area contributed by atoms with Crippen LogP contribution in [0, 0.1) is 11.8 Å². The topological polar surface area (TPSA) is 24.4 Å². The highest BCUT2D eigenvalue weighted by Crippen LogP contribution is 2.38. The fourth-order valence-corrected chi connectivity index (χ4v) is 4.36. The molecule has 4 aliphatic rings. The number of rotatable bonds is 1. The molecule has 0 aromatic rings. The Balaban J connectivity index is 1.66. The van der Waals surface area contributed by atoms with Gasteiger partial charge in [-0.2, -0.15) is 0 Å². The number of amidine groups is 1. The first-order valence-corrected chi connectivity index (χ1v) is 8.22. The molecule has 1 heterocycles. The summed E-state index contributed by atoms with van der Waals surface area (Å²) in [7, 11) is 0. The lowest BCUT2D eigenvalue weighted by atomic mass is 9.74. The van der Waals surface area contributed by atoms with Crippen LogP contribution in [0.5, 0.6) is 0 Å². The van der Waals surface area contributed by atoms with E-state index in [1.165, 1.54) is 49.1 Å². The molecule has 0 aromatic carbocycles. The predicted octanol–water partition coefficient (Wildman–Crippen LogP) is 3.77. The third-order valence-corrected chi connectivity index (χ3v) is 5.33. The van der Waals surface area contributed by atoms with Crippen LogP contribution >= 0.6 is 0 Å². The first kappa shape index (κ1) is 12.4. The molecule has 3 unspecified atom stereocenters. The monoisotopic (exact) mass is 268 g/mol. The number of allylic oxidation sites excluding steroid dienone is 3. The van der Waals surface area contributed by atoms with E-state index in [0.717, 1.165) is 6.42 Å². The molecule has 0 bridgehead atoms. The Morgan fingerprint density at radius 2 is 2.05 bits per heavy atom. The summed E-state index contributed by atoms with van der Waals surface area (Å²) in [6, 6.07) is 0.943. The van der Waals surface area contributed by atoms with E-state index >= 15 is 0 Å². The van der Waals surface area contributed by atoms with Gasteiger partial charge in [0, 0.05) is 17.9 Å². The lowest BCUT2D eigenvalue weighted by Gasteiger charge is -2.43. The number of nitrogens with zero attached hydrogens (tertiary/aromatic N) is 1. The molecule has 20 heavy (non-hydrogen) atoms. The Kier molecular flexibility index (Phi) is 3.05. The summed E-state index contributed by atoms with van der Waals surface area (Å²) in [5, 5.41) is 3.80. The predicted molar refractivity (Wildman–Crippen MR) is 83.8 cm³/mol. The van der Waals surface area contributed by atoms with Crippen molar-refractivity contribution in [1.82, 2.24) is 5.32 Å². The van der Waals surface area contributed by atoms with Crippen LogP contribution < -0.4 is 5.32 Å². The van der Waals surface area contributed by atoms with Gasteiger partial charge in [-0.05, 0) is 31.8 Å². The standard InChI is InChI=1S/C18H24N2/c1-12-10-14-8-5-9-15-17(14)16(11-12)20-18(19-15)13-6-3-2-4-7-13/h5,8,10-11,13,15-17H,2-4,6-7,9H2,1H3,(H,19,20). The quantitative estimate of drug-likeness (QED) is 0.769. The van der Waals surface area contributed by atoms with Crippen LogP contribution in [0.25, 0.3) is 0 Å². The number of hydrogen-bond acceptors (Lipinski definition) is 2. The Bertz CT molecular complexity index is 518. The largest absolute Gasteiger partial charge is 0.370 e. The molecule has 1 fully saturated rings. The average Bonchev–Trinajstić information content (AvgIpc) is 2.48. The van der Waals surface area contributed by atoms with Crippen LogP contribution in [0.4, 0.5) is 0 Å². The van der Waals surface area contributed by atoms with E-state index in [9.17, 15) is 0 Å². The van der Waals surface area contributed by atoms with Crippen molar-refractivity contribution in [2.45, 2.75) is 57.5 Å². The second-order valence-electron chi connectivity index (χ2n) is 6.81. The first-order valence-electron chi connectivity index (χ1n) is 8.22. The minimum Gasteiger partial charge on any atom is -0.370 e. The molecule has 1 N–H and O–H groups in total. The zero-order chi connectivity index (χ0) is 13.5. The van der Waals surface area contributed by atoms with E-state index in [4.69, 9.17) is 4.99 Å². The minimum atomic E-state index is 0.378. The molecule has 4 rings (SSSR count). The van der Waals surface area contributed by atoms with Crippen molar-refractivity contribution < 1.29 is 0 Å². The van der Waals surface area contributed by atoms with E-state index in [2.05, 4.69) is 36.5 Å². The highest BCUT2D eigenvalue weighted by atomic mass is 15.1. The molecule has 0 radical (unpaired) electrons. The Hall–Kier alpha value is -1.31. The van der Waals surface area contributed by atoms with Gasteiger partial charge in [0.1, 0.15) is 5.84 Å². The van der Waals surface area contributed by atoms with Crippen LogP contribution in [0.3, 0.4) is 0 Å². The molecule has 2 nitrogen and oxygen atoms in total. The zero-order valence-corrected chi connectivity index (χ0v) is 12.3. The van der Waals surface area contributed by atoms with Gasteiger partial charge < -0.3 is 5.32 Å². The van der Waals surface area contributed by atoms with Crippen LogP contribution in [0.1, 0.15) is 45.4 Å². The fraction of sp³-hybridized carbons (Fsp3) is 0.611. The van der Waals surface area contributed by atoms with Crippen molar-refractivity contribution in [3.05, 3.63) is 35.5 Å². The van der Waals surface area contributed by atoms with Gasteiger partial charge in [-0.15, -0.1) is 0 Å². The van der Waals surface area contributed by atoms with Gasteiger partial charge in [-0.1, -0.05) is 49.1 Å².